The van der Waals surface area contributed by atoms with E-state index in [0.717, 1.165) is 23.4 Å². The fourth-order valence-electron chi connectivity index (χ4n) is 2.31. The zero-order chi connectivity index (χ0) is 15.2. The summed E-state index contributed by atoms with van der Waals surface area (Å²) in [6.07, 6.45) is 0. The Balaban J connectivity index is 2.43. The Morgan fingerprint density at radius 3 is 2.67 bits per heavy atom. The van der Waals surface area contributed by atoms with Crippen molar-refractivity contribution >= 4 is 11.6 Å². The molecule has 0 heterocycles. The van der Waals surface area contributed by atoms with Crippen molar-refractivity contribution in [3.63, 3.8) is 0 Å². The quantitative estimate of drug-likeness (QED) is 0.843. The van der Waals surface area contributed by atoms with Gasteiger partial charge in [0.15, 0.2) is 0 Å². The largest absolute Gasteiger partial charge is 0.494 e. The SMILES string of the molecule is CCNC(c1cccc(OCC)c1)c1cccc(F)c1Cl. The average Bonchev–Trinajstić information content (AvgIpc) is 2.49. The van der Waals surface area contributed by atoms with Gasteiger partial charge in [0.25, 0.3) is 0 Å². The third-order valence-corrected chi connectivity index (χ3v) is 3.60. The zero-order valence-electron chi connectivity index (χ0n) is 12.2. The number of nitrogens with one attached hydrogen (secondary N) is 1. The van der Waals surface area contributed by atoms with E-state index in [1.165, 1.54) is 6.07 Å². The summed E-state index contributed by atoms with van der Waals surface area (Å²) in [6, 6.07) is 12.5. The minimum Gasteiger partial charge on any atom is -0.494 e. The molecule has 0 fully saturated rings. The van der Waals surface area contributed by atoms with Gasteiger partial charge in [-0.05, 0) is 42.8 Å². The van der Waals surface area contributed by atoms with Crippen LogP contribution in [0.4, 0.5) is 4.39 Å². The smallest absolute Gasteiger partial charge is 0.142 e. The molecule has 0 aliphatic heterocycles. The molecule has 0 aromatic heterocycles. The summed E-state index contributed by atoms with van der Waals surface area (Å²) >= 11 is 6.13. The Labute approximate surface area is 129 Å². The van der Waals surface area contributed by atoms with Gasteiger partial charge in [-0.1, -0.05) is 42.8 Å². The highest BCUT2D eigenvalue weighted by Gasteiger charge is 2.18. The molecule has 1 N–H and O–H groups in total. The van der Waals surface area contributed by atoms with Crippen LogP contribution in [-0.2, 0) is 0 Å². The van der Waals surface area contributed by atoms with E-state index >= 15 is 0 Å². The Bertz CT molecular complexity index is 603. The lowest BCUT2D eigenvalue weighted by atomic mass is 9.98. The lowest BCUT2D eigenvalue weighted by molar-refractivity contribution is 0.339. The summed E-state index contributed by atoms with van der Waals surface area (Å²) in [5, 5.41) is 3.50. The summed E-state index contributed by atoms with van der Waals surface area (Å²) in [5.41, 5.74) is 1.72. The van der Waals surface area contributed by atoms with Gasteiger partial charge in [0.05, 0.1) is 17.7 Å². The zero-order valence-corrected chi connectivity index (χ0v) is 13.0. The first-order chi connectivity index (χ1) is 10.2. The Morgan fingerprint density at radius 1 is 1.19 bits per heavy atom. The van der Waals surface area contributed by atoms with Crippen LogP contribution in [0.3, 0.4) is 0 Å². The summed E-state index contributed by atoms with van der Waals surface area (Å²) in [5.74, 6) is 0.392. The van der Waals surface area contributed by atoms with E-state index in [0.29, 0.717) is 6.61 Å². The van der Waals surface area contributed by atoms with Gasteiger partial charge in [-0.15, -0.1) is 0 Å². The van der Waals surface area contributed by atoms with Crippen molar-refractivity contribution < 1.29 is 9.13 Å². The summed E-state index contributed by atoms with van der Waals surface area (Å²) in [7, 11) is 0. The second-order valence-corrected chi connectivity index (χ2v) is 5.02. The van der Waals surface area contributed by atoms with Crippen LogP contribution in [0.1, 0.15) is 31.0 Å². The lowest BCUT2D eigenvalue weighted by Gasteiger charge is -2.21. The maximum absolute atomic E-state index is 13.7. The molecule has 0 aliphatic rings. The maximum Gasteiger partial charge on any atom is 0.142 e. The van der Waals surface area contributed by atoms with Crippen molar-refractivity contribution in [2.45, 2.75) is 19.9 Å². The Morgan fingerprint density at radius 2 is 1.95 bits per heavy atom. The third-order valence-electron chi connectivity index (χ3n) is 3.20. The number of hydrogen-bond donors (Lipinski definition) is 1. The van der Waals surface area contributed by atoms with Gasteiger partial charge < -0.3 is 10.1 Å². The molecule has 0 saturated heterocycles. The molecule has 1 atom stereocenters. The minimum absolute atomic E-state index is 0.158. The van der Waals surface area contributed by atoms with Crippen LogP contribution in [0.25, 0.3) is 0 Å². The van der Waals surface area contributed by atoms with Gasteiger partial charge >= 0.3 is 0 Å². The fraction of sp³-hybridized carbons (Fsp3) is 0.294. The van der Waals surface area contributed by atoms with Gasteiger partial charge in [-0.2, -0.15) is 0 Å². The molecule has 0 spiro atoms. The van der Waals surface area contributed by atoms with Gasteiger partial charge in [-0.3, -0.25) is 0 Å². The first-order valence-corrected chi connectivity index (χ1v) is 7.45. The maximum atomic E-state index is 13.7. The molecule has 0 aliphatic carbocycles. The van der Waals surface area contributed by atoms with Gasteiger partial charge in [0.2, 0.25) is 0 Å². The second-order valence-electron chi connectivity index (χ2n) is 4.64. The van der Waals surface area contributed by atoms with Gasteiger partial charge in [0.1, 0.15) is 11.6 Å². The molecule has 2 aromatic carbocycles. The standard InChI is InChI=1S/C17H19ClFNO/c1-3-20-17(14-9-6-10-15(19)16(14)18)12-7-5-8-13(11-12)21-4-2/h5-11,17,20H,3-4H2,1-2H3. The summed E-state index contributed by atoms with van der Waals surface area (Å²) in [4.78, 5) is 0. The molecule has 0 amide bonds. The fourth-order valence-corrected chi connectivity index (χ4v) is 2.54. The molecule has 21 heavy (non-hydrogen) atoms. The van der Waals surface area contributed by atoms with Crippen LogP contribution in [0.2, 0.25) is 5.02 Å². The molecule has 112 valence electrons. The highest BCUT2D eigenvalue weighted by molar-refractivity contribution is 6.31. The average molecular weight is 308 g/mol. The molecule has 4 heteroatoms. The number of benzene rings is 2. The molecule has 0 bridgehead atoms. The van der Waals surface area contributed by atoms with E-state index in [9.17, 15) is 4.39 Å². The van der Waals surface area contributed by atoms with E-state index in [-0.39, 0.29) is 11.1 Å². The van der Waals surface area contributed by atoms with Crippen LogP contribution in [0, 0.1) is 5.82 Å². The highest BCUT2D eigenvalue weighted by Crippen LogP contribution is 2.31. The van der Waals surface area contributed by atoms with Crippen molar-refractivity contribution in [1.82, 2.24) is 5.32 Å². The molecular weight excluding hydrogens is 289 g/mol. The van der Waals surface area contributed by atoms with Crippen LogP contribution < -0.4 is 10.1 Å². The van der Waals surface area contributed by atoms with Gasteiger partial charge in [0, 0.05) is 0 Å². The van der Waals surface area contributed by atoms with Crippen molar-refractivity contribution in [3.05, 3.63) is 64.4 Å². The Kier molecular flexibility index (Phi) is 5.59. The van der Waals surface area contributed by atoms with E-state index in [2.05, 4.69) is 5.32 Å². The molecule has 2 aromatic rings. The molecule has 0 radical (unpaired) electrons. The third kappa shape index (κ3) is 3.74. The van der Waals surface area contributed by atoms with Crippen molar-refractivity contribution in [2.75, 3.05) is 13.2 Å². The molecule has 2 nitrogen and oxygen atoms in total. The number of halogens is 2. The Hall–Kier alpha value is -1.58. The molecule has 1 unspecified atom stereocenters. The molecule has 0 saturated carbocycles. The number of rotatable bonds is 6. The summed E-state index contributed by atoms with van der Waals surface area (Å²) in [6.45, 7) is 5.30. The number of ether oxygens (including phenoxy) is 1. The predicted molar refractivity (Wildman–Crippen MR) is 84.5 cm³/mol. The molecule has 2 rings (SSSR count). The highest BCUT2D eigenvalue weighted by atomic mass is 35.5. The summed E-state index contributed by atoms with van der Waals surface area (Å²) < 4.78 is 19.2. The van der Waals surface area contributed by atoms with Crippen molar-refractivity contribution in [2.24, 2.45) is 0 Å². The van der Waals surface area contributed by atoms with Crippen molar-refractivity contribution in [3.8, 4) is 5.75 Å². The van der Waals surface area contributed by atoms with E-state index in [4.69, 9.17) is 16.3 Å². The second kappa shape index (κ2) is 7.43. The van der Waals surface area contributed by atoms with Gasteiger partial charge in [-0.25, -0.2) is 4.39 Å². The van der Waals surface area contributed by atoms with Crippen LogP contribution in [0.15, 0.2) is 42.5 Å². The first-order valence-electron chi connectivity index (χ1n) is 7.07. The van der Waals surface area contributed by atoms with E-state index in [1.807, 2.05) is 44.2 Å². The van der Waals surface area contributed by atoms with Crippen LogP contribution in [-0.4, -0.2) is 13.2 Å². The minimum atomic E-state index is -0.405. The number of hydrogen-bond acceptors (Lipinski definition) is 2. The molecular formula is C17H19ClFNO. The monoisotopic (exact) mass is 307 g/mol. The predicted octanol–water partition coefficient (Wildman–Crippen LogP) is 4.58. The topological polar surface area (TPSA) is 21.3 Å². The van der Waals surface area contributed by atoms with E-state index < -0.39 is 5.82 Å². The van der Waals surface area contributed by atoms with Crippen LogP contribution >= 0.6 is 11.6 Å². The van der Waals surface area contributed by atoms with E-state index in [1.54, 1.807) is 6.07 Å². The first kappa shape index (κ1) is 15.8. The normalized spacial score (nSPS) is 12.2. The van der Waals surface area contributed by atoms with Crippen molar-refractivity contribution in [1.29, 1.82) is 0 Å². The van der Waals surface area contributed by atoms with Crippen LogP contribution in [0.5, 0.6) is 5.75 Å². The lowest BCUT2D eigenvalue weighted by Crippen LogP contribution is -2.22.